The van der Waals surface area contributed by atoms with E-state index in [-0.39, 0.29) is 17.6 Å². The number of ether oxygens (including phenoxy) is 2. The van der Waals surface area contributed by atoms with Gasteiger partial charge in [-0.25, -0.2) is 0 Å². The van der Waals surface area contributed by atoms with Crippen molar-refractivity contribution in [2.75, 3.05) is 26.3 Å². The summed E-state index contributed by atoms with van der Waals surface area (Å²) < 4.78 is 12.1. The SMILES string of the molecule is O=C(C1=CCCCC1)N1CC[C@@]2(C[C@H](OCC3CC3)CO2)C1. The first kappa shape index (κ1) is 14.7. The molecule has 2 heterocycles. The Morgan fingerprint density at radius 2 is 2.32 bits per heavy atom. The molecule has 0 radical (unpaired) electrons. The summed E-state index contributed by atoms with van der Waals surface area (Å²) in [6.45, 7) is 3.20. The molecule has 0 bridgehead atoms. The maximum absolute atomic E-state index is 12.6. The first-order chi connectivity index (χ1) is 10.7. The van der Waals surface area contributed by atoms with E-state index >= 15 is 0 Å². The van der Waals surface area contributed by atoms with Gasteiger partial charge in [-0.1, -0.05) is 6.08 Å². The Bertz CT molecular complexity index is 471. The summed E-state index contributed by atoms with van der Waals surface area (Å²) in [6.07, 6.45) is 11.4. The van der Waals surface area contributed by atoms with Crippen LogP contribution in [-0.2, 0) is 14.3 Å². The van der Waals surface area contributed by atoms with E-state index in [0.29, 0.717) is 6.61 Å². The Labute approximate surface area is 132 Å². The van der Waals surface area contributed by atoms with Crippen molar-refractivity contribution in [3.05, 3.63) is 11.6 Å². The van der Waals surface area contributed by atoms with Crippen molar-refractivity contribution in [2.24, 2.45) is 5.92 Å². The molecule has 1 saturated carbocycles. The number of rotatable bonds is 4. The van der Waals surface area contributed by atoms with Gasteiger partial charge in [-0.15, -0.1) is 0 Å². The molecule has 4 nitrogen and oxygen atoms in total. The molecule has 0 aromatic carbocycles. The number of allylic oxidation sites excluding steroid dienone is 1. The van der Waals surface area contributed by atoms with Gasteiger partial charge in [-0.2, -0.15) is 0 Å². The Morgan fingerprint density at radius 1 is 1.41 bits per heavy atom. The molecule has 4 heteroatoms. The zero-order valence-corrected chi connectivity index (χ0v) is 13.4. The fourth-order valence-electron chi connectivity index (χ4n) is 4.00. The van der Waals surface area contributed by atoms with E-state index in [2.05, 4.69) is 6.08 Å². The highest BCUT2D eigenvalue weighted by atomic mass is 16.6. The van der Waals surface area contributed by atoms with Crippen LogP contribution in [0.15, 0.2) is 11.6 Å². The largest absolute Gasteiger partial charge is 0.375 e. The van der Waals surface area contributed by atoms with Crippen molar-refractivity contribution < 1.29 is 14.3 Å². The highest BCUT2D eigenvalue weighted by Crippen LogP contribution is 2.38. The smallest absolute Gasteiger partial charge is 0.249 e. The third-order valence-electron chi connectivity index (χ3n) is 5.61. The number of nitrogens with zero attached hydrogens (tertiary/aromatic N) is 1. The van der Waals surface area contributed by atoms with Crippen LogP contribution in [0.25, 0.3) is 0 Å². The second-order valence-corrected chi connectivity index (χ2v) is 7.55. The zero-order chi connectivity index (χ0) is 15.0. The summed E-state index contributed by atoms with van der Waals surface area (Å²) >= 11 is 0. The van der Waals surface area contributed by atoms with E-state index in [0.717, 1.165) is 63.3 Å². The van der Waals surface area contributed by atoms with Crippen LogP contribution in [-0.4, -0.2) is 48.8 Å². The Balaban J connectivity index is 1.31. The Hall–Kier alpha value is -0.870. The third kappa shape index (κ3) is 3.09. The molecule has 1 amide bonds. The van der Waals surface area contributed by atoms with Gasteiger partial charge in [0.2, 0.25) is 5.91 Å². The minimum Gasteiger partial charge on any atom is -0.375 e. The number of carbonyl (C=O) groups is 1. The van der Waals surface area contributed by atoms with Gasteiger partial charge in [0, 0.05) is 25.1 Å². The summed E-state index contributed by atoms with van der Waals surface area (Å²) in [4.78, 5) is 14.6. The van der Waals surface area contributed by atoms with Crippen LogP contribution in [0.1, 0.15) is 51.4 Å². The maximum atomic E-state index is 12.6. The lowest BCUT2D eigenvalue weighted by molar-refractivity contribution is -0.127. The van der Waals surface area contributed by atoms with E-state index in [1.54, 1.807) is 0 Å². The van der Waals surface area contributed by atoms with E-state index in [4.69, 9.17) is 9.47 Å². The Kier molecular flexibility index (Phi) is 3.99. The topological polar surface area (TPSA) is 38.8 Å². The maximum Gasteiger partial charge on any atom is 0.249 e. The zero-order valence-electron chi connectivity index (χ0n) is 13.4. The van der Waals surface area contributed by atoms with Gasteiger partial charge in [-0.3, -0.25) is 4.79 Å². The van der Waals surface area contributed by atoms with Crippen LogP contribution in [0.5, 0.6) is 0 Å². The molecule has 0 N–H and O–H groups in total. The third-order valence-corrected chi connectivity index (χ3v) is 5.61. The molecule has 3 fully saturated rings. The molecular weight excluding hydrogens is 278 g/mol. The van der Waals surface area contributed by atoms with Crippen LogP contribution in [0.2, 0.25) is 0 Å². The van der Waals surface area contributed by atoms with Crippen LogP contribution in [0.4, 0.5) is 0 Å². The highest BCUT2D eigenvalue weighted by molar-refractivity contribution is 5.93. The van der Waals surface area contributed by atoms with Crippen LogP contribution in [0.3, 0.4) is 0 Å². The molecule has 0 aromatic rings. The molecule has 2 aliphatic carbocycles. The van der Waals surface area contributed by atoms with Crippen molar-refractivity contribution in [1.82, 2.24) is 4.90 Å². The fourth-order valence-corrected chi connectivity index (χ4v) is 4.00. The molecule has 4 aliphatic rings. The quantitative estimate of drug-likeness (QED) is 0.801. The second kappa shape index (κ2) is 5.97. The van der Waals surface area contributed by atoms with E-state index < -0.39 is 0 Å². The average molecular weight is 305 g/mol. The van der Waals surface area contributed by atoms with E-state index in [1.165, 1.54) is 19.3 Å². The highest BCUT2D eigenvalue weighted by Gasteiger charge is 2.47. The molecule has 2 atom stereocenters. The van der Waals surface area contributed by atoms with Crippen LogP contribution >= 0.6 is 0 Å². The van der Waals surface area contributed by atoms with Gasteiger partial charge in [-0.05, 0) is 50.9 Å². The summed E-state index contributed by atoms with van der Waals surface area (Å²) in [5, 5.41) is 0. The molecule has 0 unspecified atom stereocenters. The van der Waals surface area contributed by atoms with E-state index in [9.17, 15) is 4.79 Å². The molecule has 122 valence electrons. The number of likely N-dealkylation sites (tertiary alicyclic amines) is 1. The summed E-state index contributed by atoms with van der Waals surface area (Å²) in [5.41, 5.74) is 0.905. The van der Waals surface area contributed by atoms with Gasteiger partial charge in [0.1, 0.15) is 0 Å². The normalized spacial score (nSPS) is 35.2. The summed E-state index contributed by atoms with van der Waals surface area (Å²) in [5.74, 6) is 1.05. The van der Waals surface area contributed by atoms with Gasteiger partial charge >= 0.3 is 0 Å². The number of amides is 1. The standard InChI is InChI=1S/C18H27NO3/c20-17(15-4-2-1-3-5-15)19-9-8-18(13-19)10-16(12-22-18)21-11-14-6-7-14/h4,14,16H,1-3,5-13H2/t16-,18+/m0/s1. The lowest BCUT2D eigenvalue weighted by Crippen LogP contribution is -2.36. The van der Waals surface area contributed by atoms with Crippen molar-refractivity contribution in [3.63, 3.8) is 0 Å². The summed E-state index contributed by atoms with van der Waals surface area (Å²) in [7, 11) is 0. The lowest BCUT2D eigenvalue weighted by Gasteiger charge is -2.24. The van der Waals surface area contributed by atoms with E-state index in [1.807, 2.05) is 4.90 Å². The van der Waals surface area contributed by atoms with Crippen molar-refractivity contribution in [2.45, 2.75) is 63.1 Å². The molecule has 0 aromatic heterocycles. The number of hydrogen-bond acceptors (Lipinski definition) is 3. The molecule has 4 rings (SSSR count). The predicted molar refractivity (Wildman–Crippen MR) is 83.5 cm³/mol. The van der Waals surface area contributed by atoms with Crippen molar-refractivity contribution in [3.8, 4) is 0 Å². The van der Waals surface area contributed by atoms with Gasteiger partial charge in [0.05, 0.1) is 24.9 Å². The number of hydrogen-bond donors (Lipinski definition) is 0. The monoisotopic (exact) mass is 305 g/mol. The first-order valence-electron chi connectivity index (χ1n) is 8.98. The molecular formula is C18H27NO3. The second-order valence-electron chi connectivity index (χ2n) is 7.55. The van der Waals surface area contributed by atoms with Crippen molar-refractivity contribution >= 4 is 5.91 Å². The Morgan fingerprint density at radius 3 is 3.09 bits per heavy atom. The number of carbonyl (C=O) groups excluding carboxylic acids is 1. The minimum absolute atomic E-state index is 0.126. The molecule has 2 aliphatic heterocycles. The van der Waals surface area contributed by atoms with Gasteiger partial charge in [0.25, 0.3) is 0 Å². The summed E-state index contributed by atoms with van der Waals surface area (Å²) in [6, 6.07) is 0. The van der Waals surface area contributed by atoms with Crippen LogP contribution < -0.4 is 0 Å². The lowest BCUT2D eigenvalue weighted by atomic mass is 9.97. The average Bonchev–Trinajstić information content (AvgIpc) is 3.18. The fraction of sp³-hybridized carbons (Fsp3) is 0.833. The van der Waals surface area contributed by atoms with Crippen molar-refractivity contribution in [1.29, 1.82) is 0 Å². The van der Waals surface area contributed by atoms with Gasteiger partial charge in [0.15, 0.2) is 0 Å². The van der Waals surface area contributed by atoms with Gasteiger partial charge < -0.3 is 14.4 Å². The van der Waals surface area contributed by atoms with Crippen LogP contribution in [0, 0.1) is 5.92 Å². The molecule has 2 saturated heterocycles. The molecule has 22 heavy (non-hydrogen) atoms. The first-order valence-corrected chi connectivity index (χ1v) is 8.98. The minimum atomic E-state index is -0.126. The molecule has 1 spiro atoms. The predicted octanol–water partition coefficient (Wildman–Crippen LogP) is 2.67.